The maximum Gasteiger partial charge on any atom is 0.295 e. The van der Waals surface area contributed by atoms with E-state index in [1.54, 1.807) is 19.3 Å². The topological polar surface area (TPSA) is 67.6 Å². The molecule has 6 heteroatoms. The Morgan fingerprint density at radius 1 is 1.79 bits per heavy atom. The Bertz CT molecular complexity index is 349. The van der Waals surface area contributed by atoms with E-state index in [0.717, 1.165) is 5.06 Å². The van der Waals surface area contributed by atoms with Crippen molar-refractivity contribution in [3.8, 4) is 0 Å². The molecular formula is C8H11N3O3. The summed E-state index contributed by atoms with van der Waals surface area (Å²) in [6.07, 6.45) is 0.951. The summed E-state index contributed by atoms with van der Waals surface area (Å²) < 4.78 is 1.47. The number of aliphatic hydroxyl groups excluding tert-OH is 1. The van der Waals surface area contributed by atoms with E-state index in [9.17, 15) is 9.90 Å². The molecule has 0 radical (unpaired) electrons. The average molecular weight is 197 g/mol. The van der Waals surface area contributed by atoms with Gasteiger partial charge in [-0.1, -0.05) is 0 Å². The van der Waals surface area contributed by atoms with E-state index < -0.39 is 6.10 Å². The Morgan fingerprint density at radius 3 is 3.07 bits per heavy atom. The molecule has 14 heavy (non-hydrogen) atoms. The molecule has 6 nitrogen and oxygen atoms in total. The van der Waals surface area contributed by atoms with Crippen LogP contribution in [0.3, 0.4) is 0 Å². The Morgan fingerprint density at radius 2 is 2.57 bits per heavy atom. The molecule has 1 fully saturated rings. The van der Waals surface area contributed by atoms with Gasteiger partial charge in [0, 0.05) is 13.2 Å². The van der Waals surface area contributed by atoms with Crippen LogP contribution in [0, 0.1) is 0 Å². The van der Waals surface area contributed by atoms with E-state index in [1.807, 2.05) is 0 Å². The second-order valence-corrected chi connectivity index (χ2v) is 3.16. The summed E-state index contributed by atoms with van der Waals surface area (Å²) in [6, 6.07) is 1.61. The highest BCUT2D eigenvalue weighted by Crippen LogP contribution is 2.10. The third-order valence-corrected chi connectivity index (χ3v) is 2.07. The lowest BCUT2D eigenvalue weighted by Crippen LogP contribution is -2.30. The Balaban J connectivity index is 2.13. The van der Waals surface area contributed by atoms with Gasteiger partial charge in [0.1, 0.15) is 18.4 Å². The standard InChI is InChI=1S/C8H11N3O3/c1-10-7(2-3-9-10)8(13)11-4-6(12)5-14-11/h2-3,6,12H,4-5H2,1H3/t6-/m1/s1. The zero-order chi connectivity index (χ0) is 10.1. The van der Waals surface area contributed by atoms with Crippen LogP contribution in [0.15, 0.2) is 12.3 Å². The fourth-order valence-electron chi connectivity index (χ4n) is 1.33. The smallest absolute Gasteiger partial charge is 0.295 e. The van der Waals surface area contributed by atoms with E-state index >= 15 is 0 Å². The molecule has 1 aromatic rings. The van der Waals surface area contributed by atoms with Crippen molar-refractivity contribution in [3.05, 3.63) is 18.0 Å². The number of aromatic nitrogens is 2. The van der Waals surface area contributed by atoms with Crippen LogP contribution in [0.1, 0.15) is 10.5 Å². The number of rotatable bonds is 1. The molecule has 1 atom stereocenters. The molecule has 0 bridgehead atoms. The number of β-amino-alcohol motifs (C(OH)–C–C–N with tert-alkyl or cyclic N) is 1. The van der Waals surface area contributed by atoms with Gasteiger partial charge in [-0.2, -0.15) is 5.10 Å². The maximum atomic E-state index is 11.7. The lowest BCUT2D eigenvalue weighted by molar-refractivity contribution is -0.0785. The van der Waals surface area contributed by atoms with Crippen LogP contribution in [-0.2, 0) is 11.9 Å². The van der Waals surface area contributed by atoms with E-state index in [4.69, 9.17) is 4.84 Å². The second kappa shape index (κ2) is 3.39. The van der Waals surface area contributed by atoms with Gasteiger partial charge in [-0.05, 0) is 6.07 Å². The van der Waals surface area contributed by atoms with Crippen LogP contribution in [0.4, 0.5) is 0 Å². The molecule has 1 aromatic heterocycles. The molecule has 0 saturated carbocycles. The van der Waals surface area contributed by atoms with Crippen molar-refractivity contribution in [2.75, 3.05) is 13.2 Å². The predicted octanol–water partition coefficient (Wildman–Crippen LogP) is -0.832. The normalized spacial score (nSPS) is 21.6. The number of hydrogen-bond donors (Lipinski definition) is 1. The molecule has 1 N–H and O–H groups in total. The Kier molecular flexibility index (Phi) is 2.22. The minimum Gasteiger partial charge on any atom is -0.389 e. The van der Waals surface area contributed by atoms with Crippen LogP contribution in [-0.4, -0.2) is 45.1 Å². The number of hydrogen-bond acceptors (Lipinski definition) is 4. The molecular weight excluding hydrogens is 186 g/mol. The Hall–Kier alpha value is -1.40. The van der Waals surface area contributed by atoms with Crippen LogP contribution in [0.25, 0.3) is 0 Å². The molecule has 0 unspecified atom stereocenters. The number of carbonyl (C=O) groups is 1. The van der Waals surface area contributed by atoms with Crippen molar-refractivity contribution in [1.82, 2.24) is 14.8 Å². The first-order valence-corrected chi connectivity index (χ1v) is 4.29. The molecule has 0 aliphatic carbocycles. The largest absolute Gasteiger partial charge is 0.389 e. The van der Waals surface area contributed by atoms with E-state index in [2.05, 4.69) is 5.10 Å². The fraction of sp³-hybridized carbons (Fsp3) is 0.500. The molecule has 1 saturated heterocycles. The van der Waals surface area contributed by atoms with Gasteiger partial charge in [0.25, 0.3) is 5.91 Å². The lowest BCUT2D eigenvalue weighted by atomic mass is 10.3. The number of amides is 1. The first-order valence-electron chi connectivity index (χ1n) is 4.29. The van der Waals surface area contributed by atoms with Crippen LogP contribution in [0.5, 0.6) is 0 Å². The summed E-state index contributed by atoms with van der Waals surface area (Å²) in [4.78, 5) is 16.7. The highest BCUT2D eigenvalue weighted by Gasteiger charge is 2.28. The van der Waals surface area contributed by atoms with Crippen molar-refractivity contribution < 1.29 is 14.7 Å². The van der Waals surface area contributed by atoms with Crippen LogP contribution in [0.2, 0.25) is 0 Å². The number of nitrogens with zero attached hydrogens (tertiary/aromatic N) is 3. The molecule has 0 spiro atoms. The summed E-state index contributed by atoms with van der Waals surface area (Å²) in [5.74, 6) is -0.276. The highest BCUT2D eigenvalue weighted by molar-refractivity contribution is 5.91. The van der Waals surface area contributed by atoms with E-state index in [0.29, 0.717) is 5.69 Å². The molecule has 2 rings (SSSR count). The van der Waals surface area contributed by atoms with Gasteiger partial charge >= 0.3 is 0 Å². The van der Waals surface area contributed by atoms with Crippen molar-refractivity contribution in [1.29, 1.82) is 0 Å². The number of hydroxylamine groups is 2. The number of aryl methyl sites for hydroxylation is 1. The molecule has 0 aromatic carbocycles. The average Bonchev–Trinajstić information content (AvgIpc) is 2.73. The molecule has 76 valence electrons. The van der Waals surface area contributed by atoms with E-state index in [1.165, 1.54) is 4.68 Å². The van der Waals surface area contributed by atoms with Gasteiger partial charge in [0.05, 0.1) is 6.54 Å². The minimum absolute atomic E-state index is 0.170. The highest BCUT2D eigenvalue weighted by atomic mass is 16.7. The van der Waals surface area contributed by atoms with Crippen LogP contribution < -0.4 is 0 Å². The zero-order valence-corrected chi connectivity index (χ0v) is 7.75. The van der Waals surface area contributed by atoms with Crippen molar-refractivity contribution in [2.45, 2.75) is 6.10 Å². The molecule has 1 aliphatic heterocycles. The lowest BCUT2D eigenvalue weighted by Gasteiger charge is -2.13. The molecule has 2 heterocycles. The van der Waals surface area contributed by atoms with Crippen molar-refractivity contribution >= 4 is 5.91 Å². The van der Waals surface area contributed by atoms with Gasteiger partial charge in [-0.25, -0.2) is 5.06 Å². The monoisotopic (exact) mass is 197 g/mol. The van der Waals surface area contributed by atoms with Gasteiger partial charge in [0.15, 0.2) is 0 Å². The van der Waals surface area contributed by atoms with Gasteiger partial charge in [0.2, 0.25) is 0 Å². The minimum atomic E-state index is -0.591. The van der Waals surface area contributed by atoms with E-state index in [-0.39, 0.29) is 19.1 Å². The summed E-state index contributed by atoms with van der Waals surface area (Å²) >= 11 is 0. The summed E-state index contributed by atoms with van der Waals surface area (Å²) in [6.45, 7) is 0.383. The van der Waals surface area contributed by atoms with Crippen LogP contribution >= 0.6 is 0 Å². The quantitative estimate of drug-likeness (QED) is 0.638. The maximum absolute atomic E-state index is 11.7. The molecule has 1 aliphatic rings. The number of carbonyl (C=O) groups excluding carboxylic acids is 1. The fourth-order valence-corrected chi connectivity index (χ4v) is 1.33. The SMILES string of the molecule is Cn1nccc1C(=O)N1C[C@@H](O)CO1. The van der Waals surface area contributed by atoms with Crippen molar-refractivity contribution in [2.24, 2.45) is 7.05 Å². The summed E-state index contributed by atoms with van der Waals surface area (Å²) in [7, 11) is 1.68. The summed E-state index contributed by atoms with van der Waals surface area (Å²) in [5, 5.41) is 14.2. The molecule has 1 amide bonds. The first-order chi connectivity index (χ1) is 6.68. The Labute approximate surface area is 80.6 Å². The van der Waals surface area contributed by atoms with Gasteiger partial charge in [-0.15, -0.1) is 0 Å². The third kappa shape index (κ3) is 1.49. The second-order valence-electron chi connectivity index (χ2n) is 3.16. The predicted molar refractivity (Wildman–Crippen MR) is 46.2 cm³/mol. The van der Waals surface area contributed by atoms with Gasteiger partial charge in [-0.3, -0.25) is 14.3 Å². The number of aliphatic hydroxyl groups is 1. The zero-order valence-electron chi connectivity index (χ0n) is 7.75. The summed E-state index contributed by atoms with van der Waals surface area (Å²) in [5.41, 5.74) is 0.444. The first kappa shape index (κ1) is 9.17. The third-order valence-electron chi connectivity index (χ3n) is 2.07. The van der Waals surface area contributed by atoms with Crippen molar-refractivity contribution in [3.63, 3.8) is 0 Å². The van der Waals surface area contributed by atoms with Gasteiger partial charge < -0.3 is 5.11 Å².